The number of fused-ring (bicyclic) bond motifs is 3. The molecular formula is C29H29N5O. The molecule has 0 unspecified atom stereocenters. The van der Waals surface area contributed by atoms with Gasteiger partial charge in [-0.2, -0.15) is 0 Å². The van der Waals surface area contributed by atoms with E-state index in [1.165, 1.54) is 11.1 Å². The topological polar surface area (TPSA) is 63.1 Å². The molecule has 6 rings (SSSR count). The molecule has 0 radical (unpaired) electrons. The van der Waals surface area contributed by atoms with Crippen LogP contribution in [-0.2, 0) is 31.2 Å². The van der Waals surface area contributed by atoms with E-state index in [-0.39, 0.29) is 11.8 Å². The lowest BCUT2D eigenvalue weighted by atomic mass is 9.97. The van der Waals surface area contributed by atoms with Crippen molar-refractivity contribution in [1.29, 1.82) is 0 Å². The zero-order valence-electron chi connectivity index (χ0n) is 20.2. The van der Waals surface area contributed by atoms with Gasteiger partial charge in [0.05, 0.1) is 29.8 Å². The number of carbonyl (C=O) groups excluding carboxylic acids is 1. The maximum Gasteiger partial charge on any atom is 0.230 e. The van der Waals surface area contributed by atoms with Crippen LogP contribution in [0.1, 0.15) is 35.4 Å². The average molecular weight is 464 g/mol. The van der Waals surface area contributed by atoms with Gasteiger partial charge in [0.25, 0.3) is 0 Å². The molecule has 6 nitrogen and oxygen atoms in total. The Kier molecular flexibility index (Phi) is 5.36. The number of aromatic nitrogens is 3. The van der Waals surface area contributed by atoms with E-state index in [2.05, 4.69) is 68.4 Å². The largest absolute Gasteiger partial charge is 0.338 e. The van der Waals surface area contributed by atoms with Crippen molar-refractivity contribution in [2.75, 3.05) is 10.2 Å². The Bertz CT molecular complexity index is 1400. The van der Waals surface area contributed by atoms with Crippen LogP contribution in [0.3, 0.4) is 0 Å². The lowest BCUT2D eigenvalue weighted by molar-refractivity contribution is -0.122. The van der Waals surface area contributed by atoms with E-state index in [9.17, 15) is 4.79 Å². The molecule has 0 atom stereocenters. The fourth-order valence-corrected chi connectivity index (χ4v) is 5.37. The third-order valence-corrected chi connectivity index (χ3v) is 7.54. The van der Waals surface area contributed by atoms with Gasteiger partial charge in [-0.05, 0) is 61.9 Å². The van der Waals surface area contributed by atoms with E-state index in [0.29, 0.717) is 6.54 Å². The van der Waals surface area contributed by atoms with Gasteiger partial charge in [-0.1, -0.05) is 36.4 Å². The highest BCUT2D eigenvalue weighted by atomic mass is 16.2. The number of hydrogen-bond donors (Lipinski definition) is 1. The van der Waals surface area contributed by atoms with Crippen LogP contribution in [0.4, 0.5) is 17.2 Å². The number of anilines is 3. The molecule has 2 aliphatic rings. The fraction of sp³-hybridized carbons (Fsp3) is 0.276. The van der Waals surface area contributed by atoms with Crippen LogP contribution >= 0.6 is 0 Å². The van der Waals surface area contributed by atoms with Crippen molar-refractivity contribution < 1.29 is 4.79 Å². The summed E-state index contributed by atoms with van der Waals surface area (Å²) < 4.78 is 2.08. The highest BCUT2D eigenvalue weighted by Crippen LogP contribution is 2.39. The number of pyridine rings is 1. The molecule has 176 valence electrons. The second-order valence-corrected chi connectivity index (χ2v) is 9.59. The number of imidazole rings is 1. The van der Waals surface area contributed by atoms with Gasteiger partial charge in [0.2, 0.25) is 5.91 Å². The van der Waals surface area contributed by atoms with E-state index in [4.69, 9.17) is 0 Å². The van der Waals surface area contributed by atoms with Crippen molar-refractivity contribution in [3.05, 3.63) is 89.5 Å². The Morgan fingerprint density at radius 3 is 2.43 bits per heavy atom. The summed E-state index contributed by atoms with van der Waals surface area (Å²) in [7, 11) is 2.02. The normalized spacial score (nSPS) is 15.3. The van der Waals surface area contributed by atoms with Crippen LogP contribution in [0.2, 0.25) is 0 Å². The number of nitrogens with one attached hydrogen (secondary N) is 1. The number of amides is 1. The second kappa shape index (κ2) is 8.69. The third-order valence-electron chi connectivity index (χ3n) is 7.54. The van der Waals surface area contributed by atoms with Gasteiger partial charge >= 0.3 is 0 Å². The van der Waals surface area contributed by atoms with Gasteiger partial charge in [-0.15, -0.1) is 0 Å². The zero-order valence-corrected chi connectivity index (χ0v) is 20.2. The van der Waals surface area contributed by atoms with E-state index in [1.54, 1.807) is 6.20 Å². The Labute approximate surface area is 205 Å². The molecule has 2 aromatic heterocycles. The summed E-state index contributed by atoms with van der Waals surface area (Å²) in [5.74, 6) is 1.93. The Balaban J connectivity index is 1.40. The van der Waals surface area contributed by atoms with Crippen molar-refractivity contribution in [2.45, 2.75) is 39.2 Å². The monoisotopic (exact) mass is 463 g/mol. The fourth-order valence-electron chi connectivity index (χ4n) is 5.37. The van der Waals surface area contributed by atoms with Crippen LogP contribution < -0.4 is 10.2 Å². The number of benzene rings is 2. The maximum atomic E-state index is 14.2. The minimum atomic E-state index is -0.0175. The van der Waals surface area contributed by atoms with Gasteiger partial charge in [0.15, 0.2) is 0 Å². The van der Waals surface area contributed by atoms with Crippen molar-refractivity contribution in [1.82, 2.24) is 14.5 Å². The highest BCUT2D eigenvalue weighted by molar-refractivity contribution is 6.00. The third kappa shape index (κ3) is 3.89. The predicted molar refractivity (Wildman–Crippen MR) is 139 cm³/mol. The first kappa shape index (κ1) is 21.6. The minimum Gasteiger partial charge on any atom is -0.338 e. The second-order valence-electron chi connectivity index (χ2n) is 9.59. The van der Waals surface area contributed by atoms with Crippen LogP contribution in [0, 0.1) is 12.8 Å². The molecule has 3 heterocycles. The smallest absolute Gasteiger partial charge is 0.230 e. The van der Waals surface area contributed by atoms with E-state index in [1.807, 2.05) is 31.1 Å². The molecule has 0 saturated carbocycles. The van der Waals surface area contributed by atoms with Crippen LogP contribution in [0.15, 0.2) is 67.0 Å². The molecule has 1 N–H and O–H groups in total. The average Bonchev–Trinajstić information content (AvgIpc) is 3.05. The summed E-state index contributed by atoms with van der Waals surface area (Å²) in [4.78, 5) is 25.2. The Hall–Kier alpha value is -3.93. The molecule has 0 bridgehead atoms. The summed E-state index contributed by atoms with van der Waals surface area (Å²) in [6.45, 7) is 2.50. The quantitative estimate of drug-likeness (QED) is 0.395. The molecule has 6 heteroatoms. The molecule has 0 spiro atoms. The van der Waals surface area contributed by atoms with Crippen molar-refractivity contribution >= 4 is 23.1 Å². The Morgan fingerprint density at radius 1 is 0.971 bits per heavy atom. The lowest BCUT2D eigenvalue weighted by Crippen LogP contribution is -2.36. The summed E-state index contributed by atoms with van der Waals surface area (Å²) >= 11 is 0. The molecule has 1 aliphatic carbocycles. The molecule has 0 fully saturated rings. The first-order chi connectivity index (χ1) is 17.1. The summed E-state index contributed by atoms with van der Waals surface area (Å²) in [5.41, 5.74) is 7.64. The number of nitrogens with zero attached hydrogens (tertiary/aromatic N) is 4. The number of hydrogen-bond acceptors (Lipinski definition) is 4. The molecule has 2 aromatic carbocycles. The van der Waals surface area contributed by atoms with Crippen molar-refractivity contribution in [2.24, 2.45) is 13.0 Å². The number of aryl methyl sites for hydroxylation is 3. The molecular weight excluding hydrogens is 434 g/mol. The molecule has 0 saturated heterocycles. The lowest BCUT2D eigenvalue weighted by Gasteiger charge is -2.27. The predicted octanol–water partition coefficient (Wildman–Crippen LogP) is 5.58. The van der Waals surface area contributed by atoms with E-state index < -0.39 is 0 Å². The summed E-state index contributed by atoms with van der Waals surface area (Å²) in [5, 5.41) is 3.49. The van der Waals surface area contributed by atoms with E-state index in [0.717, 1.165) is 65.5 Å². The van der Waals surface area contributed by atoms with Gasteiger partial charge in [0, 0.05) is 30.3 Å². The molecule has 1 aliphatic heterocycles. The van der Waals surface area contributed by atoms with Crippen molar-refractivity contribution in [3.63, 3.8) is 0 Å². The van der Waals surface area contributed by atoms with Gasteiger partial charge in [-0.3, -0.25) is 4.79 Å². The first-order valence-electron chi connectivity index (χ1n) is 12.3. The van der Waals surface area contributed by atoms with Crippen molar-refractivity contribution in [3.8, 4) is 11.3 Å². The molecule has 4 aromatic rings. The summed E-state index contributed by atoms with van der Waals surface area (Å²) in [6.07, 6.45) is 7.31. The van der Waals surface area contributed by atoms with E-state index >= 15 is 0 Å². The number of carbonyl (C=O) groups is 1. The van der Waals surface area contributed by atoms with Crippen LogP contribution in [-0.4, -0.2) is 20.4 Å². The van der Waals surface area contributed by atoms with Crippen LogP contribution in [0.5, 0.6) is 0 Å². The highest BCUT2D eigenvalue weighted by Gasteiger charge is 2.31. The van der Waals surface area contributed by atoms with Gasteiger partial charge in [0.1, 0.15) is 11.6 Å². The van der Waals surface area contributed by atoms with Crippen LogP contribution in [0.25, 0.3) is 11.3 Å². The number of rotatable bonds is 2. The SMILES string of the molecule is Cc1ncc(-c2ccc3c(c2)N(C(=O)C2CCc4ccccc4CC2)Cc2cccnc2N3)n1C. The van der Waals surface area contributed by atoms with Gasteiger partial charge < -0.3 is 14.8 Å². The Morgan fingerprint density at radius 2 is 1.71 bits per heavy atom. The van der Waals surface area contributed by atoms with Gasteiger partial charge in [-0.25, -0.2) is 9.97 Å². The molecule has 35 heavy (non-hydrogen) atoms. The zero-order chi connectivity index (χ0) is 23.9. The first-order valence-corrected chi connectivity index (χ1v) is 12.3. The minimum absolute atomic E-state index is 0.0175. The molecule has 1 amide bonds. The standard InChI is InChI=1S/C29H29N5O/c1-19-31-17-27(33(19)2)23-13-14-25-26(16-23)34(18-24-8-5-15-30-28(24)32-25)29(35)22-11-9-20-6-3-4-7-21(20)10-12-22/h3-8,13-17,22H,9-12,18H2,1-2H3,(H,30,32). The summed E-state index contributed by atoms with van der Waals surface area (Å²) in [6, 6.07) is 18.9. The maximum absolute atomic E-state index is 14.2.